The van der Waals surface area contributed by atoms with Crippen molar-refractivity contribution in [3.8, 4) is 0 Å². The van der Waals surface area contributed by atoms with Crippen molar-refractivity contribution < 1.29 is 86.5 Å². The summed E-state index contributed by atoms with van der Waals surface area (Å²) in [5.41, 5.74) is -1.83. The Balaban J connectivity index is 1.02. The molecule has 0 spiro atoms. The first-order chi connectivity index (χ1) is 37.9. The first kappa shape index (κ1) is 64.4. The number of thioether (sulfide) groups is 1. The van der Waals surface area contributed by atoms with Gasteiger partial charge in [-0.1, -0.05) is 68.1 Å². The minimum atomic E-state index is -1.75. The van der Waals surface area contributed by atoms with Crippen molar-refractivity contribution in [2.75, 3.05) is 60.8 Å². The van der Waals surface area contributed by atoms with E-state index in [1.165, 1.54) is 42.8 Å². The van der Waals surface area contributed by atoms with E-state index in [1.807, 2.05) is 19.1 Å². The quantitative estimate of drug-likeness (QED) is 0.0517. The number of hydrogen-bond acceptors (Lipinski definition) is 19. The normalized spacial score (nSPS) is 32.3. The van der Waals surface area contributed by atoms with Gasteiger partial charge in [0.15, 0.2) is 17.3 Å². The molecular formula is C56H83ClN4O18S. The van der Waals surface area contributed by atoms with E-state index in [1.54, 1.807) is 27.2 Å². The highest BCUT2D eigenvalue weighted by Crippen LogP contribution is 2.50. The predicted molar refractivity (Wildman–Crippen MR) is 292 cm³/mol. The second-order valence-corrected chi connectivity index (χ2v) is 24.0. The fourth-order valence-corrected chi connectivity index (χ4v) is 12.3. The number of esters is 2. The Morgan fingerprint density at radius 1 is 0.925 bits per heavy atom. The summed E-state index contributed by atoms with van der Waals surface area (Å²) in [4.78, 5) is 108. The van der Waals surface area contributed by atoms with E-state index in [0.717, 1.165) is 49.4 Å². The van der Waals surface area contributed by atoms with Crippen LogP contribution < -0.4 is 5.32 Å². The summed E-state index contributed by atoms with van der Waals surface area (Å²) in [5.74, 6) is -2.97. The van der Waals surface area contributed by atoms with Crippen molar-refractivity contribution in [3.63, 3.8) is 0 Å². The molecule has 448 valence electrons. The minimum Gasteiger partial charge on any atom is -0.496 e. The number of ketones is 2. The Morgan fingerprint density at radius 3 is 2.34 bits per heavy atom. The lowest BCUT2D eigenvalue weighted by atomic mass is 9.81. The Labute approximate surface area is 478 Å². The van der Waals surface area contributed by atoms with Crippen molar-refractivity contribution in [2.45, 2.75) is 190 Å². The lowest BCUT2D eigenvalue weighted by molar-refractivity contribution is -0.164. The van der Waals surface area contributed by atoms with Gasteiger partial charge in [0.1, 0.15) is 48.4 Å². The summed E-state index contributed by atoms with van der Waals surface area (Å²) < 4.78 is 46.5. The first-order valence-corrected chi connectivity index (χ1v) is 29.3. The van der Waals surface area contributed by atoms with Crippen LogP contribution in [0.15, 0.2) is 34.6 Å². The molecule has 4 bridgehead atoms. The van der Waals surface area contributed by atoms with Crippen LogP contribution in [0.25, 0.3) is 0 Å². The van der Waals surface area contributed by atoms with Crippen LogP contribution in [0, 0.1) is 17.8 Å². The molecule has 4 aliphatic carbocycles. The summed E-state index contributed by atoms with van der Waals surface area (Å²) in [5, 5.41) is 26.5. The van der Waals surface area contributed by atoms with E-state index >= 15 is 0 Å². The van der Waals surface area contributed by atoms with Gasteiger partial charge in [-0.05, 0) is 76.9 Å². The average Bonchev–Trinajstić information content (AvgIpc) is 4.02. The number of methoxy groups -OCH3 is 2. The average molecular weight is 1170 g/mol. The van der Waals surface area contributed by atoms with E-state index in [-0.39, 0.29) is 74.4 Å². The topological polar surface area (TPSA) is 276 Å². The zero-order valence-corrected chi connectivity index (χ0v) is 49.2. The third kappa shape index (κ3) is 16.9. The maximum atomic E-state index is 14.1. The zero-order valence-electron chi connectivity index (χ0n) is 47.6. The number of halogens is 1. The zero-order chi connectivity index (χ0) is 58.6. The van der Waals surface area contributed by atoms with E-state index < -0.39 is 120 Å². The maximum Gasteiger partial charge on any atom is 0.410 e. The molecular weight excluding hydrogens is 1080 g/mol. The van der Waals surface area contributed by atoms with Crippen molar-refractivity contribution in [1.29, 1.82) is 0 Å². The van der Waals surface area contributed by atoms with Crippen molar-refractivity contribution >= 4 is 70.2 Å². The first-order valence-electron chi connectivity index (χ1n) is 27.9. The molecule has 0 aromatic carbocycles. The number of carbonyl (C=O) groups is 8. The van der Waals surface area contributed by atoms with Crippen LogP contribution in [0.2, 0.25) is 0 Å². The molecule has 6 rings (SSSR count). The van der Waals surface area contributed by atoms with Gasteiger partial charge < -0.3 is 62.8 Å². The molecule has 0 aromatic rings. The highest BCUT2D eigenvalue weighted by Gasteiger charge is 2.64. The van der Waals surface area contributed by atoms with Gasteiger partial charge in [-0.25, -0.2) is 19.2 Å². The lowest BCUT2D eigenvalue weighted by Gasteiger charge is -2.43. The number of nitrogens with zero attached hydrogens (tertiary/aromatic N) is 3. The second kappa shape index (κ2) is 29.0. The second-order valence-electron chi connectivity index (χ2n) is 22.5. The largest absolute Gasteiger partial charge is 0.496 e. The van der Waals surface area contributed by atoms with E-state index in [9.17, 15) is 48.6 Å². The number of rotatable bonds is 16. The Morgan fingerprint density at radius 2 is 1.64 bits per heavy atom. The molecule has 4 fully saturated rings. The van der Waals surface area contributed by atoms with Gasteiger partial charge in [0, 0.05) is 91.0 Å². The van der Waals surface area contributed by atoms with Crippen LogP contribution in [-0.2, 0) is 61.9 Å². The number of aliphatic hydroxyl groups excluding tert-OH is 1. The molecule has 4 amide bonds. The number of Topliss-reactive ketones (excluding diaryl/α,β-unsaturated/α-hetero) is 2. The van der Waals surface area contributed by atoms with Gasteiger partial charge >= 0.3 is 24.1 Å². The van der Waals surface area contributed by atoms with Crippen LogP contribution >= 0.6 is 23.4 Å². The molecule has 2 heterocycles. The Kier molecular flexibility index (Phi) is 23.3. The molecule has 13 atom stereocenters. The van der Waals surface area contributed by atoms with Crippen LogP contribution in [0.1, 0.15) is 124 Å². The Bertz CT molecular complexity index is 2340. The summed E-state index contributed by atoms with van der Waals surface area (Å²) in [6, 6.07) is -1.11. The van der Waals surface area contributed by atoms with Gasteiger partial charge in [-0.15, -0.1) is 0 Å². The van der Waals surface area contributed by atoms with Gasteiger partial charge in [-0.3, -0.25) is 24.5 Å². The number of alkyl carbamates (subject to hydrolysis) is 1. The van der Waals surface area contributed by atoms with Gasteiger partial charge in [0.25, 0.3) is 5.24 Å². The molecule has 0 radical (unpaired) electrons. The molecule has 2 saturated carbocycles. The van der Waals surface area contributed by atoms with E-state index in [2.05, 4.69) is 12.2 Å². The molecule has 3 N–H and O–H groups in total. The minimum absolute atomic E-state index is 0.00633. The Hall–Kier alpha value is -4.78. The maximum absolute atomic E-state index is 14.1. The standard InChI is InChI=1S/C56H83ClN4O18S/c1-32-15-14-18-44(73-9)56(71)30-43(75-52(68)58-56)33(2)50-55(4,79-50)45(29-37(62)28-36-26-35(25-32)27-42(72-8)48(36)57)77-51(67)34(3)61(7)46(65)21-24-80-54(70)60(6)23-22-59(5)53(69)76-41-17-13-11-10-12-16-40(41)74-31-47(66)78-49-38(63)19-20-39(49)64/h13,17,27,32-34,36-37,40-41,43-45,49-50,62,71H,10-12,14-16,18-26,28-31H2,1-9H3,(H,58,68)/b17-13+/t32?,33-,34+,36?,37?,40?,41?,43+,44-,45+,50+,55+,56+/m1/s1. The number of fused-ring (bicyclic) bond motifs is 5. The molecule has 2 aliphatic heterocycles. The van der Waals surface area contributed by atoms with Gasteiger partial charge in [-0.2, -0.15) is 0 Å². The fourth-order valence-electron chi connectivity index (χ4n) is 11.2. The van der Waals surface area contributed by atoms with Crippen LogP contribution in [0.4, 0.5) is 14.4 Å². The summed E-state index contributed by atoms with van der Waals surface area (Å²) in [7, 11) is 7.56. The molecule has 5 unspecified atom stereocenters. The SMILES string of the molecule is COC1=C(Cl)C2CC(=C1)CC(C)CCC[C@@H](OC)[C@@]1(O)C[C@H](OC(=O)N1)[C@@H](C)[C@@H]1O[C@@]1(C)[C@@H](OC(=O)[C@H](C)N(C)C(=O)CCSC(=O)N(C)CCN(C)C(=O)OC1/C=C/CCCCC1OCC(=O)OC1C(=O)CCC1=O)CC(O)C2. The predicted octanol–water partition coefficient (Wildman–Crippen LogP) is 6.11. The molecule has 24 heteroatoms. The van der Waals surface area contributed by atoms with Crippen molar-refractivity contribution in [1.82, 2.24) is 20.0 Å². The third-order valence-electron chi connectivity index (χ3n) is 16.4. The molecule has 0 aromatic heterocycles. The number of allylic oxidation sites excluding steroid dienone is 4. The summed E-state index contributed by atoms with van der Waals surface area (Å²) in [6.45, 7) is 6.90. The molecule has 2 saturated heterocycles. The van der Waals surface area contributed by atoms with Crippen molar-refractivity contribution in [3.05, 3.63) is 34.6 Å². The van der Waals surface area contributed by atoms with Gasteiger partial charge in [0.2, 0.25) is 12.0 Å². The van der Waals surface area contributed by atoms with Gasteiger partial charge in [0.05, 0.1) is 30.5 Å². The number of hydrogen-bond donors (Lipinski definition) is 3. The fraction of sp³-hybridized carbons (Fsp3) is 0.750. The number of nitrogens with one attached hydrogen (secondary N) is 1. The number of ether oxygens (including phenoxy) is 8. The van der Waals surface area contributed by atoms with E-state index in [4.69, 9.17) is 49.5 Å². The number of epoxide rings is 1. The lowest BCUT2D eigenvalue weighted by Crippen LogP contribution is -2.64. The smallest absolute Gasteiger partial charge is 0.410 e. The van der Waals surface area contributed by atoms with Crippen LogP contribution in [0.3, 0.4) is 0 Å². The molecule has 22 nitrogen and oxygen atoms in total. The highest BCUT2D eigenvalue weighted by molar-refractivity contribution is 8.13. The summed E-state index contributed by atoms with van der Waals surface area (Å²) in [6.07, 6.45) is 2.89. The van der Waals surface area contributed by atoms with Crippen molar-refractivity contribution in [2.24, 2.45) is 17.8 Å². The molecule has 80 heavy (non-hydrogen) atoms. The van der Waals surface area contributed by atoms with Crippen LogP contribution in [0.5, 0.6) is 0 Å². The molecule has 6 aliphatic rings. The number of likely N-dealkylation sites (N-methyl/N-ethyl adjacent to an activating group) is 3. The number of aliphatic hydroxyl groups is 2. The summed E-state index contributed by atoms with van der Waals surface area (Å²) >= 11 is 7.80. The number of amides is 4. The van der Waals surface area contributed by atoms with E-state index in [0.29, 0.717) is 36.5 Å². The number of carbonyl (C=O) groups excluding carboxylic acids is 8. The van der Waals surface area contributed by atoms with Crippen LogP contribution in [-0.4, -0.2) is 199 Å². The highest BCUT2D eigenvalue weighted by atomic mass is 35.5. The monoisotopic (exact) mass is 1170 g/mol. The third-order valence-corrected chi connectivity index (χ3v) is 17.8.